The molecule has 1 amide bonds. The molecule has 0 saturated carbocycles. The second-order valence-electron chi connectivity index (χ2n) is 4.23. The van der Waals surface area contributed by atoms with Gasteiger partial charge in [0.25, 0.3) is 5.91 Å². The van der Waals surface area contributed by atoms with Crippen molar-refractivity contribution < 1.29 is 9.53 Å². The molecule has 0 aromatic carbocycles. The summed E-state index contributed by atoms with van der Waals surface area (Å²) in [5, 5.41) is 1.95. The van der Waals surface area contributed by atoms with Crippen molar-refractivity contribution in [3.8, 4) is 0 Å². The van der Waals surface area contributed by atoms with Crippen molar-refractivity contribution in [1.82, 2.24) is 9.88 Å². The summed E-state index contributed by atoms with van der Waals surface area (Å²) in [5.74, 6) is 0.0222. The van der Waals surface area contributed by atoms with Gasteiger partial charge in [-0.2, -0.15) is 0 Å². The van der Waals surface area contributed by atoms with Crippen molar-refractivity contribution in [3.05, 3.63) is 16.6 Å². The molecular weight excluding hydrogens is 309 g/mol. The summed E-state index contributed by atoms with van der Waals surface area (Å²) in [6, 6.07) is 0. The third-order valence-corrected chi connectivity index (χ3v) is 3.54. The highest BCUT2D eigenvalue weighted by Gasteiger charge is 2.31. The van der Waals surface area contributed by atoms with Crippen molar-refractivity contribution in [3.63, 3.8) is 0 Å². The summed E-state index contributed by atoms with van der Waals surface area (Å²) in [4.78, 5) is 17.9. The van der Waals surface area contributed by atoms with Crippen LogP contribution in [0.5, 0.6) is 0 Å². The first-order chi connectivity index (χ1) is 8.20. The largest absolute Gasteiger partial charge is 0.364 e. The highest BCUT2D eigenvalue weighted by atomic mass is 35.5. The van der Waals surface area contributed by atoms with E-state index in [2.05, 4.69) is 4.98 Å². The van der Waals surface area contributed by atoms with Crippen LogP contribution in [0.2, 0.25) is 0 Å². The molecule has 1 aromatic heterocycles. The van der Waals surface area contributed by atoms with Gasteiger partial charge in [0.15, 0.2) is 0 Å². The lowest BCUT2D eigenvalue weighted by molar-refractivity contribution is -0.141. The highest BCUT2D eigenvalue weighted by molar-refractivity contribution is 7.07. The van der Waals surface area contributed by atoms with Gasteiger partial charge in [-0.15, -0.1) is 36.2 Å². The van der Waals surface area contributed by atoms with Crippen LogP contribution in [-0.4, -0.2) is 41.6 Å². The number of aromatic nitrogens is 1. The molecule has 5 nitrogen and oxygen atoms in total. The lowest BCUT2D eigenvalue weighted by Crippen LogP contribution is -2.36. The first kappa shape index (κ1) is 18.6. The molecular formula is C11H19Cl2N3O2S. The van der Waals surface area contributed by atoms with Crippen LogP contribution in [0.4, 0.5) is 0 Å². The van der Waals surface area contributed by atoms with Crippen LogP contribution in [0.3, 0.4) is 0 Å². The van der Waals surface area contributed by atoms with Gasteiger partial charge in [-0.1, -0.05) is 0 Å². The van der Waals surface area contributed by atoms with E-state index in [4.69, 9.17) is 10.5 Å². The van der Waals surface area contributed by atoms with Crippen LogP contribution in [-0.2, 0) is 16.1 Å². The first-order valence-electron chi connectivity index (χ1n) is 5.68. The van der Waals surface area contributed by atoms with E-state index >= 15 is 0 Å². The molecule has 110 valence electrons. The number of amides is 1. The number of rotatable bonds is 4. The molecule has 0 unspecified atom stereocenters. The van der Waals surface area contributed by atoms with Crippen LogP contribution in [0.25, 0.3) is 0 Å². The molecule has 1 saturated heterocycles. The van der Waals surface area contributed by atoms with E-state index in [0.717, 1.165) is 18.5 Å². The molecule has 1 aliphatic heterocycles. The minimum atomic E-state index is -0.327. The Hall–Kier alpha value is -0.400. The van der Waals surface area contributed by atoms with E-state index in [1.54, 1.807) is 17.5 Å². The maximum absolute atomic E-state index is 12.1. The van der Waals surface area contributed by atoms with Gasteiger partial charge in [0.05, 0.1) is 23.9 Å². The summed E-state index contributed by atoms with van der Waals surface area (Å²) >= 11 is 1.53. The number of hydrogen-bond donors (Lipinski definition) is 1. The maximum atomic E-state index is 12.1. The molecule has 8 heteroatoms. The fourth-order valence-electron chi connectivity index (χ4n) is 1.94. The first-order valence-corrected chi connectivity index (χ1v) is 6.62. The monoisotopic (exact) mass is 327 g/mol. The lowest BCUT2D eigenvalue weighted by Gasteiger charge is -2.20. The molecule has 2 heterocycles. The molecule has 1 aliphatic rings. The number of likely N-dealkylation sites (N-methyl/N-ethyl adjacent to an activating group) is 1. The van der Waals surface area contributed by atoms with Crippen LogP contribution in [0.15, 0.2) is 10.9 Å². The fourth-order valence-corrected chi connectivity index (χ4v) is 2.49. The van der Waals surface area contributed by atoms with E-state index in [0.29, 0.717) is 13.1 Å². The van der Waals surface area contributed by atoms with Crippen LogP contribution >= 0.6 is 36.2 Å². The van der Waals surface area contributed by atoms with E-state index in [1.807, 2.05) is 5.38 Å². The lowest BCUT2D eigenvalue weighted by atomic mass is 10.2. The predicted molar refractivity (Wildman–Crippen MR) is 80.0 cm³/mol. The molecule has 2 rings (SSSR count). The number of nitrogens with zero attached hydrogens (tertiary/aromatic N) is 2. The van der Waals surface area contributed by atoms with Gasteiger partial charge in [-0.05, 0) is 12.8 Å². The topological polar surface area (TPSA) is 68.5 Å². The number of carbonyl (C=O) groups is 1. The number of carbonyl (C=O) groups excluding carboxylic acids is 1. The van der Waals surface area contributed by atoms with Gasteiger partial charge >= 0.3 is 0 Å². The van der Waals surface area contributed by atoms with Crippen molar-refractivity contribution in [1.29, 1.82) is 0 Å². The zero-order chi connectivity index (χ0) is 12.3. The van der Waals surface area contributed by atoms with Crippen LogP contribution < -0.4 is 5.73 Å². The average molecular weight is 328 g/mol. The van der Waals surface area contributed by atoms with Crippen LogP contribution in [0.1, 0.15) is 18.5 Å². The van der Waals surface area contributed by atoms with Gasteiger partial charge in [0, 0.05) is 19.0 Å². The molecule has 0 spiro atoms. The normalized spacial score (nSPS) is 21.4. The Morgan fingerprint density at radius 1 is 1.58 bits per heavy atom. The quantitative estimate of drug-likeness (QED) is 0.908. The van der Waals surface area contributed by atoms with Gasteiger partial charge < -0.3 is 15.4 Å². The zero-order valence-corrected chi connectivity index (χ0v) is 13.1. The number of ether oxygens (including phenoxy) is 1. The molecule has 0 bridgehead atoms. The van der Waals surface area contributed by atoms with E-state index < -0.39 is 0 Å². The maximum Gasteiger partial charge on any atom is 0.251 e. The Bertz CT molecular complexity index is 378. The second-order valence-corrected chi connectivity index (χ2v) is 4.95. The Kier molecular flexibility index (Phi) is 8.52. The fraction of sp³-hybridized carbons (Fsp3) is 0.636. The SMILES string of the molecule is CN(Cc1cscn1)C(=O)[C@@H]1CC[C@H](CN)O1.Cl.Cl. The third-order valence-electron chi connectivity index (χ3n) is 2.90. The molecule has 2 N–H and O–H groups in total. The van der Waals surface area contributed by atoms with E-state index in [1.165, 1.54) is 11.3 Å². The average Bonchev–Trinajstić information content (AvgIpc) is 2.98. The van der Waals surface area contributed by atoms with Crippen LogP contribution in [0, 0.1) is 0 Å². The molecule has 0 aliphatic carbocycles. The summed E-state index contributed by atoms with van der Waals surface area (Å²) < 4.78 is 5.58. The van der Waals surface area contributed by atoms with Crippen molar-refractivity contribution in [2.45, 2.75) is 31.6 Å². The Labute approximate surface area is 129 Å². The van der Waals surface area contributed by atoms with E-state index in [9.17, 15) is 4.79 Å². The van der Waals surface area contributed by atoms with Gasteiger partial charge in [0.1, 0.15) is 6.10 Å². The molecule has 2 atom stereocenters. The number of hydrogen-bond acceptors (Lipinski definition) is 5. The summed E-state index contributed by atoms with van der Waals surface area (Å²) in [6.45, 7) is 1.02. The smallest absolute Gasteiger partial charge is 0.251 e. The predicted octanol–water partition coefficient (Wildman–Crippen LogP) is 1.45. The van der Waals surface area contributed by atoms with Gasteiger partial charge in [-0.3, -0.25) is 4.79 Å². The third kappa shape index (κ3) is 4.89. The highest BCUT2D eigenvalue weighted by Crippen LogP contribution is 2.20. The van der Waals surface area contributed by atoms with Crippen molar-refractivity contribution in [2.75, 3.05) is 13.6 Å². The number of nitrogens with two attached hydrogens (primary N) is 1. The van der Waals surface area contributed by atoms with Crippen molar-refractivity contribution >= 4 is 42.1 Å². The molecule has 1 aromatic rings. The second kappa shape index (κ2) is 8.71. The summed E-state index contributed by atoms with van der Waals surface area (Å²) in [5.41, 5.74) is 8.21. The Morgan fingerprint density at radius 3 is 2.84 bits per heavy atom. The standard InChI is InChI=1S/C11H17N3O2S.2ClH/c1-14(5-8-6-17-7-13-8)11(15)10-3-2-9(4-12)16-10;;/h6-7,9-10H,2-5,12H2,1H3;2*1H/t9-,10+;;/m1../s1. The molecule has 1 fully saturated rings. The number of halogens is 2. The minimum absolute atomic E-state index is 0. The number of thiazole rings is 1. The Morgan fingerprint density at radius 2 is 2.32 bits per heavy atom. The zero-order valence-electron chi connectivity index (χ0n) is 10.7. The molecule has 19 heavy (non-hydrogen) atoms. The summed E-state index contributed by atoms with van der Waals surface area (Å²) in [7, 11) is 1.78. The van der Waals surface area contributed by atoms with Gasteiger partial charge in [-0.25, -0.2) is 4.98 Å². The summed E-state index contributed by atoms with van der Waals surface area (Å²) in [6.07, 6.45) is 1.35. The van der Waals surface area contributed by atoms with E-state index in [-0.39, 0.29) is 42.9 Å². The molecule has 0 radical (unpaired) electrons. The van der Waals surface area contributed by atoms with Gasteiger partial charge in [0.2, 0.25) is 0 Å². The minimum Gasteiger partial charge on any atom is -0.364 e. The Balaban J connectivity index is 0.00000162. The van der Waals surface area contributed by atoms with Crippen molar-refractivity contribution in [2.24, 2.45) is 5.73 Å².